The van der Waals surface area contributed by atoms with Crippen LogP contribution in [-0.2, 0) is 17.4 Å². The molecule has 1 heterocycles. The molecule has 1 atom stereocenters. The highest BCUT2D eigenvalue weighted by Crippen LogP contribution is 2.38. The fraction of sp³-hybridized carbons (Fsp3) is 0.250. The highest BCUT2D eigenvalue weighted by molar-refractivity contribution is 5.86. The number of halogens is 4. The summed E-state index contributed by atoms with van der Waals surface area (Å²) in [6.45, 7) is 4.24. The van der Waals surface area contributed by atoms with Crippen LogP contribution in [0.2, 0.25) is 0 Å². The summed E-state index contributed by atoms with van der Waals surface area (Å²) in [5.74, 6) is -1.57. The van der Waals surface area contributed by atoms with Crippen molar-refractivity contribution in [1.29, 1.82) is 0 Å². The van der Waals surface area contributed by atoms with Gasteiger partial charge in [-0.15, -0.1) is 0 Å². The van der Waals surface area contributed by atoms with Crippen molar-refractivity contribution in [3.05, 3.63) is 72.1 Å². The number of carbonyl (C=O) groups is 1. The molecule has 27 heavy (non-hydrogen) atoms. The van der Waals surface area contributed by atoms with Crippen molar-refractivity contribution in [2.24, 2.45) is 5.92 Å². The molecular weight excluding hydrogens is 360 g/mol. The number of carbonyl (C=O) groups excluding carboxylic acids is 1. The van der Waals surface area contributed by atoms with Gasteiger partial charge in [-0.1, -0.05) is 24.8 Å². The minimum Gasteiger partial charge on any atom is -0.352 e. The molecule has 0 aromatic heterocycles. The fourth-order valence-corrected chi connectivity index (χ4v) is 3.28. The average molecular weight is 378 g/mol. The quantitative estimate of drug-likeness (QED) is 0.630. The number of rotatable bonds is 4. The van der Waals surface area contributed by atoms with Crippen molar-refractivity contribution in [3.8, 4) is 0 Å². The summed E-state index contributed by atoms with van der Waals surface area (Å²) in [7, 11) is 0. The zero-order chi connectivity index (χ0) is 19.6. The first-order chi connectivity index (χ1) is 12.8. The Kier molecular flexibility index (Phi) is 5.21. The van der Waals surface area contributed by atoms with Crippen LogP contribution in [0.25, 0.3) is 0 Å². The maximum atomic E-state index is 14.1. The number of hydrogen-bond acceptors (Lipinski definition) is 2. The topological polar surface area (TPSA) is 32.3 Å². The van der Waals surface area contributed by atoms with Crippen LogP contribution < -0.4 is 10.2 Å². The van der Waals surface area contributed by atoms with E-state index < -0.39 is 17.6 Å². The van der Waals surface area contributed by atoms with E-state index in [0.29, 0.717) is 25.2 Å². The molecular formula is C20H18F4N2O. The maximum Gasteiger partial charge on any atom is 0.419 e. The van der Waals surface area contributed by atoms with Crippen LogP contribution in [-0.4, -0.2) is 19.0 Å². The average Bonchev–Trinajstić information content (AvgIpc) is 2.64. The minimum atomic E-state index is -4.74. The van der Waals surface area contributed by atoms with E-state index in [1.54, 1.807) is 4.90 Å². The second-order valence-corrected chi connectivity index (χ2v) is 6.42. The van der Waals surface area contributed by atoms with E-state index in [-0.39, 0.29) is 11.8 Å². The summed E-state index contributed by atoms with van der Waals surface area (Å²) in [5.41, 5.74) is 0.865. The van der Waals surface area contributed by atoms with E-state index >= 15 is 0 Å². The van der Waals surface area contributed by atoms with Gasteiger partial charge >= 0.3 is 6.18 Å². The van der Waals surface area contributed by atoms with Crippen molar-refractivity contribution in [2.45, 2.75) is 12.6 Å². The van der Waals surface area contributed by atoms with Crippen molar-refractivity contribution in [1.82, 2.24) is 5.32 Å². The molecule has 0 bridgehead atoms. The van der Waals surface area contributed by atoms with Crippen molar-refractivity contribution in [2.75, 3.05) is 18.0 Å². The van der Waals surface area contributed by atoms with Gasteiger partial charge in [0.2, 0.25) is 5.91 Å². The number of anilines is 2. The first-order valence-corrected chi connectivity index (χ1v) is 8.42. The maximum absolute atomic E-state index is 14.1. The lowest BCUT2D eigenvalue weighted by Gasteiger charge is -2.36. The van der Waals surface area contributed by atoms with Gasteiger partial charge in [-0.2, -0.15) is 13.2 Å². The van der Waals surface area contributed by atoms with Crippen LogP contribution in [0.1, 0.15) is 11.1 Å². The number of alkyl halides is 3. The Labute approximate surface area is 154 Å². The van der Waals surface area contributed by atoms with E-state index in [1.807, 2.05) is 24.3 Å². The van der Waals surface area contributed by atoms with Crippen LogP contribution in [0.3, 0.4) is 0 Å². The van der Waals surface area contributed by atoms with E-state index in [4.69, 9.17) is 0 Å². The molecule has 1 unspecified atom stereocenters. The van der Waals surface area contributed by atoms with Crippen molar-refractivity contribution in [3.63, 3.8) is 0 Å². The van der Waals surface area contributed by atoms with Gasteiger partial charge in [0.1, 0.15) is 5.82 Å². The van der Waals surface area contributed by atoms with Crippen LogP contribution in [0, 0.1) is 11.7 Å². The molecule has 3 rings (SSSR count). The number of benzene rings is 2. The van der Waals surface area contributed by atoms with E-state index in [2.05, 4.69) is 11.9 Å². The van der Waals surface area contributed by atoms with Gasteiger partial charge in [0.15, 0.2) is 0 Å². The molecule has 0 spiro atoms. The molecule has 1 aliphatic heterocycles. The zero-order valence-corrected chi connectivity index (χ0v) is 14.4. The highest BCUT2D eigenvalue weighted by Gasteiger charge is 2.34. The summed E-state index contributed by atoms with van der Waals surface area (Å²) in [6.07, 6.45) is -2.85. The summed E-state index contributed by atoms with van der Waals surface area (Å²) in [6, 6.07) is 10.4. The van der Waals surface area contributed by atoms with Gasteiger partial charge in [0.25, 0.3) is 0 Å². The standard InChI is InChI=1S/C20H18F4N2O/c1-2-19(27)25-11-13-9-14-5-3-4-6-18(14)26(12-13)15-7-8-16(17(21)10-15)20(22,23)24/h2-8,10,13H,1,9,11-12H2,(H,25,27). The van der Waals surface area contributed by atoms with Crippen molar-refractivity contribution >= 4 is 17.3 Å². The minimum absolute atomic E-state index is 0.0224. The number of nitrogens with one attached hydrogen (secondary N) is 1. The smallest absolute Gasteiger partial charge is 0.352 e. The van der Waals surface area contributed by atoms with E-state index in [0.717, 1.165) is 23.4 Å². The Morgan fingerprint density at radius 2 is 2.00 bits per heavy atom. The molecule has 0 saturated carbocycles. The molecule has 3 nitrogen and oxygen atoms in total. The molecule has 0 fully saturated rings. The van der Waals surface area contributed by atoms with Gasteiger partial charge in [-0.25, -0.2) is 4.39 Å². The third kappa shape index (κ3) is 4.13. The molecule has 1 N–H and O–H groups in total. The predicted molar refractivity (Wildman–Crippen MR) is 95.3 cm³/mol. The van der Waals surface area contributed by atoms with E-state index in [9.17, 15) is 22.4 Å². The molecule has 142 valence electrons. The molecule has 1 aliphatic rings. The molecule has 0 saturated heterocycles. The van der Waals surface area contributed by atoms with Crippen molar-refractivity contribution < 1.29 is 22.4 Å². The third-order valence-electron chi connectivity index (χ3n) is 4.55. The van der Waals surface area contributed by atoms with Gasteiger partial charge in [-0.05, 0) is 48.2 Å². The Hall–Kier alpha value is -2.83. The predicted octanol–water partition coefficient (Wildman–Crippen LogP) is 4.46. The number of nitrogens with zero attached hydrogens (tertiary/aromatic N) is 1. The molecule has 1 amide bonds. The summed E-state index contributed by atoms with van der Waals surface area (Å²) in [5, 5.41) is 2.74. The highest BCUT2D eigenvalue weighted by atomic mass is 19.4. The number of fused-ring (bicyclic) bond motifs is 1. The molecule has 2 aromatic rings. The summed E-state index contributed by atoms with van der Waals surface area (Å²) >= 11 is 0. The van der Waals surface area contributed by atoms with Crippen LogP contribution in [0.5, 0.6) is 0 Å². The lowest BCUT2D eigenvalue weighted by molar-refractivity contribution is -0.140. The molecule has 0 radical (unpaired) electrons. The second-order valence-electron chi connectivity index (χ2n) is 6.42. The first kappa shape index (κ1) is 18.9. The fourth-order valence-electron chi connectivity index (χ4n) is 3.28. The largest absolute Gasteiger partial charge is 0.419 e. The van der Waals surface area contributed by atoms with Gasteiger partial charge in [0.05, 0.1) is 5.56 Å². The number of amides is 1. The molecule has 0 aliphatic carbocycles. The lowest BCUT2D eigenvalue weighted by Crippen LogP contribution is -2.39. The Morgan fingerprint density at radius 1 is 1.26 bits per heavy atom. The summed E-state index contributed by atoms with van der Waals surface area (Å²) in [4.78, 5) is 13.2. The molecule has 7 heteroatoms. The van der Waals surface area contributed by atoms with Crippen LogP contribution >= 0.6 is 0 Å². The van der Waals surface area contributed by atoms with Gasteiger partial charge in [0, 0.05) is 24.5 Å². The number of para-hydroxylation sites is 1. The SMILES string of the molecule is C=CC(=O)NCC1Cc2ccccc2N(c2ccc(C(F)(F)F)c(F)c2)C1. The normalized spacial score (nSPS) is 16.6. The molecule has 2 aromatic carbocycles. The lowest BCUT2D eigenvalue weighted by atomic mass is 9.91. The monoisotopic (exact) mass is 378 g/mol. The Bertz CT molecular complexity index is 863. The summed E-state index contributed by atoms with van der Waals surface area (Å²) < 4.78 is 52.6. The van der Waals surface area contributed by atoms with Crippen LogP contribution in [0.4, 0.5) is 28.9 Å². The van der Waals surface area contributed by atoms with Gasteiger partial charge < -0.3 is 10.2 Å². The zero-order valence-electron chi connectivity index (χ0n) is 14.4. The Balaban J connectivity index is 1.92. The second kappa shape index (κ2) is 7.42. The van der Waals surface area contributed by atoms with Crippen LogP contribution in [0.15, 0.2) is 55.1 Å². The Morgan fingerprint density at radius 3 is 2.67 bits per heavy atom. The number of hydrogen-bond donors (Lipinski definition) is 1. The first-order valence-electron chi connectivity index (χ1n) is 8.42. The van der Waals surface area contributed by atoms with E-state index in [1.165, 1.54) is 12.1 Å². The van der Waals surface area contributed by atoms with Gasteiger partial charge in [-0.3, -0.25) is 4.79 Å². The third-order valence-corrected chi connectivity index (χ3v) is 4.55.